The van der Waals surface area contributed by atoms with Crippen LogP contribution >= 0.6 is 0 Å². The lowest BCUT2D eigenvalue weighted by molar-refractivity contribution is -0.140. The molecule has 176 valence electrons. The number of hydrogen-bond acceptors (Lipinski definition) is 5. The van der Waals surface area contributed by atoms with Crippen molar-refractivity contribution in [2.24, 2.45) is 0 Å². The predicted molar refractivity (Wildman–Crippen MR) is 132 cm³/mol. The molecule has 3 aromatic rings. The number of carbonyl (C=O) groups excluding carboxylic acids is 2. The maximum atomic E-state index is 13.2. The van der Waals surface area contributed by atoms with Gasteiger partial charge in [0.15, 0.2) is 0 Å². The standard InChI is InChI=1S/C28H29NO5/c1-17(2)34-23-13-12-20(16-18(23)3)26(30)24-25(29(14-15-33-4)28(32)27(24)31)22-11-7-9-19-8-5-6-10-21(19)22/h5-13,16-17,25,30H,14-15H2,1-4H3/b26-24-. The van der Waals surface area contributed by atoms with Crippen molar-refractivity contribution in [1.82, 2.24) is 4.90 Å². The number of methoxy groups -OCH3 is 1. The third-order valence-electron chi connectivity index (χ3n) is 6.01. The molecule has 1 aliphatic heterocycles. The van der Waals surface area contributed by atoms with Crippen LogP contribution < -0.4 is 4.74 Å². The molecule has 1 aliphatic rings. The summed E-state index contributed by atoms with van der Waals surface area (Å²) in [6, 6.07) is 18.1. The Labute approximate surface area is 199 Å². The first-order valence-electron chi connectivity index (χ1n) is 11.4. The second kappa shape index (κ2) is 9.69. The van der Waals surface area contributed by atoms with Gasteiger partial charge in [-0.05, 0) is 60.9 Å². The van der Waals surface area contributed by atoms with Crippen LogP contribution in [0.3, 0.4) is 0 Å². The molecule has 1 N–H and O–H groups in total. The molecule has 0 aromatic heterocycles. The van der Waals surface area contributed by atoms with E-state index in [1.165, 1.54) is 4.90 Å². The molecule has 1 amide bonds. The zero-order chi connectivity index (χ0) is 24.4. The van der Waals surface area contributed by atoms with Crippen molar-refractivity contribution in [3.8, 4) is 5.75 Å². The number of rotatable bonds is 7. The van der Waals surface area contributed by atoms with E-state index in [2.05, 4.69) is 0 Å². The fraction of sp³-hybridized carbons (Fsp3) is 0.286. The van der Waals surface area contributed by atoms with Crippen LogP contribution in [-0.4, -0.2) is 48.1 Å². The number of benzene rings is 3. The summed E-state index contributed by atoms with van der Waals surface area (Å²) < 4.78 is 11.0. The summed E-state index contributed by atoms with van der Waals surface area (Å²) in [4.78, 5) is 27.8. The fourth-order valence-corrected chi connectivity index (χ4v) is 4.45. The average molecular weight is 460 g/mol. The van der Waals surface area contributed by atoms with E-state index >= 15 is 0 Å². The van der Waals surface area contributed by atoms with Crippen LogP contribution in [0.25, 0.3) is 16.5 Å². The van der Waals surface area contributed by atoms with Gasteiger partial charge in [-0.25, -0.2) is 0 Å². The first-order chi connectivity index (χ1) is 16.3. The predicted octanol–water partition coefficient (Wildman–Crippen LogP) is 5.00. The van der Waals surface area contributed by atoms with Crippen molar-refractivity contribution >= 4 is 28.2 Å². The van der Waals surface area contributed by atoms with Crippen LogP contribution in [0.15, 0.2) is 66.2 Å². The summed E-state index contributed by atoms with van der Waals surface area (Å²) >= 11 is 0. The number of ether oxygens (including phenoxy) is 2. The number of nitrogens with zero attached hydrogens (tertiary/aromatic N) is 1. The lowest BCUT2D eigenvalue weighted by atomic mass is 9.91. The van der Waals surface area contributed by atoms with Crippen LogP contribution in [0, 0.1) is 6.92 Å². The molecule has 0 bridgehead atoms. The van der Waals surface area contributed by atoms with E-state index in [1.807, 2.05) is 63.2 Å². The zero-order valence-electron chi connectivity index (χ0n) is 19.9. The summed E-state index contributed by atoms with van der Waals surface area (Å²) in [6.45, 7) is 6.27. The minimum atomic E-state index is -0.729. The van der Waals surface area contributed by atoms with Gasteiger partial charge in [0.05, 0.1) is 24.3 Å². The van der Waals surface area contributed by atoms with Crippen molar-refractivity contribution in [2.45, 2.75) is 32.9 Å². The Morgan fingerprint density at radius 1 is 1.06 bits per heavy atom. The molecule has 1 heterocycles. The van der Waals surface area contributed by atoms with E-state index in [-0.39, 0.29) is 30.6 Å². The Bertz CT molecular complexity index is 1270. The third-order valence-corrected chi connectivity index (χ3v) is 6.01. The lowest BCUT2D eigenvalue weighted by Crippen LogP contribution is -2.32. The highest BCUT2D eigenvalue weighted by Crippen LogP contribution is 2.42. The normalized spacial score (nSPS) is 17.7. The molecule has 6 heteroatoms. The van der Waals surface area contributed by atoms with Gasteiger partial charge in [-0.1, -0.05) is 42.5 Å². The number of ketones is 1. The van der Waals surface area contributed by atoms with Crippen molar-refractivity contribution in [2.75, 3.05) is 20.3 Å². The maximum absolute atomic E-state index is 13.2. The van der Waals surface area contributed by atoms with Crippen LogP contribution in [0.1, 0.15) is 36.6 Å². The van der Waals surface area contributed by atoms with E-state index < -0.39 is 17.7 Å². The Hall–Kier alpha value is -3.64. The molecule has 34 heavy (non-hydrogen) atoms. The van der Waals surface area contributed by atoms with E-state index in [1.54, 1.807) is 25.3 Å². The molecule has 4 rings (SSSR count). The van der Waals surface area contributed by atoms with Gasteiger partial charge in [-0.3, -0.25) is 9.59 Å². The molecule has 6 nitrogen and oxygen atoms in total. The first-order valence-corrected chi connectivity index (χ1v) is 11.4. The van der Waals surface area contributed by atoms with Gasteiger partial charge in [0.2, 0.25) is 0 Å². The Morgan fingerprint density at radius 2 is 1.79 bits per heavy atom. The number of carbonyl (C=O) groups is 2. The summed E-state index contributed by atoms with van der Waals surface area (Å²) in [6.07, 6.45) is 0.00983. The van der Waals surface area contributed by atoms with Gasteiger partial charge in [-0.15, -0.1) is 0 Å². The highest BCUT2D eigenvalue weighted by atomic mass is 16.5. The van der Waals surface area contributed by atoms with E-state index in [4.69, 9.17) is 9.47 Å². The average Bonchev–Trinajstić information content (AvgIpc) is 3.07. The quantitative estimate of drug-likeness (QED) is 0.306. The molecule has 3 aromatic carbocycles. The van der Waals surface area contributed by atoms with Crippen LogP contribution in [0.2, 0.25) is 0 Å². The number of aliphatic hydroxyl groups excluding tert-OH is 1. The number of fused-ring (bicyclic) bond motifs is 1. The van der Waals surface area contributed by atoms with Crippen molar-refractivity contribution < 1.29 is 24.2 Å². The minimum absolute atomic E-state index is 0.00983. The molecular formula is C28H29NO5. The second-order valence-electron chi connectivity index (χ2n) is 8.70. The zero-order valence-corrected chi connectivity index (χ0v) is 19.9. The smallest absolute Gasteiger partial charge is 0.295 e. The Morgan fingerprint density at radius 3 is 2.50 bits per heavy atom. The molecule has 0 aliphatic carbocycles. The summed E-state index contributed by atoms with van der Waals surface area (Å²) in [5.74, 6) is -0.840. The number of Topliss-reactive ketones (excluding diaryl/α,β-unsaturated/α-hetero) is 1. The number of aliphatic hydroxyl groups is 1. The molecule has 1 fully saturated rings. The molecule has 0 saturated carbocycles. The molecule has 1 atom stereocenters. The highest BCUT2D eigenvalue weighted by Gasteiger charge is 2.46. The molecule has 0 radical (unpaired) electrons. The van der Waals surface area contributed by atoms with E-state index in [9.17, 15) is 14.7 Å². The van der Waals surface area contributed by atoms with Gasteiger partial charge in [-0.2, -0.15) is 0 Å². The molecule has 0 spiro atoms. The van der Waals surface area contributed by atoms with Gasteiger partial charge in [0, 0.05) is 19.2 Å². The van der Waals surface area contributed by atoms with Crippen molar-refractivity contribution in [1.29, 1.82) is 0 Å². The topological polar surface area (TPSA) is 76.1 Å². The number of hydrogen-bond donors (Lipinski definition) is 1. The summed E-state index contributed by atoms with van der Waals surface area (Å²) in [5, 5.41) is 13.3. The minimum Gasteiger partial charge on any atom is -0.507 e. The van der Waals surface area contributed by atoms with Gasteiger partial charge >= 0.3 is 0 Å². The number of likely N-dealkylation sites (tertiary alicyclic amines) is 1. The second-order valence-corrected chi connectivity index (χ2v) is 8.70. The SMILES string of the molecule is COCCN1C(=O)C(=O)/C(=C(\O)c2ccc(OC(C)C)c(C)c2)C1c1cccc2ccccc12. The third kappa shape index (κ3) is 4.29. The summed E-state index contributed by atoms with van der Waals surface area (Å²) in [7, 11) is 1.55. The van der Waals surface area contributed by atoms with Crippen LogP contribution in [0.5, 0.6) is 5.75 Å². The lowest BCUT2D eigenvalue weighted by Gasteiger charge is -2.26. The van der Waals surface area contributed by atoms with Crippen molar-refractivity contribution in [3.63, 3.8) is 0 Å². The van der Waals surface area contributed by atoms with E-state index in [0.717, 1.165) is 21.9 Å². The monoisotopic (exact) mass is 459 g/mol. The van der Waals surface area contributed by atoms with Crippen LogP contribution in [0.4, 0.5) is 0 Å². The Balaban J connectivity index is 1.90. The number of amides is 1. The van der Waals surface area contributed by atoms with E-state index in [0.29, 0.717) is 11.3 Å². The maximum Gasteiger partial charge on any atom is 0.295 e. The van der Waals surface area contributed by atoms with Gasteiger partial charge in [0.25, 0.3) is 11.7 Å². The van der Waals surface area contributed by atoms with Gasteiger partial charge in [0.1, 0.15) is 11.5 Å². The van der Waals surface area contributed by atoms with Crippen LogP contribution in [-0.2, 0) is 14.3 Å². The molecule has 1 unspecified atom stereocenters. The molecular weight excluding hydrogens is 430 g/mol. The fourth-order valence-electron chi connectivity index (χ4n) is 4.45. The Kier molecular flexibility index (Phi) is 6.70. The number of aryl methyl sites for hydroxylation is 1. The first kappa shape index (κ1) is 23.5. The van der Waals surface area contributed by atoms with Gasteiger partial charge < -0.3 is 19.5 Å². The van der Waals surface area contributed by atoms with Crippen molar-refractivity contribution in [3.05, 3.63) is 82.9 Å². The summed E-state index contributed by atoms with van der Waals surface area (Å²) in [5.41, 5.74) is 2.15. The largest absolute Gasteiger partial charge is 0.507 e. The molecule has 1 saturated heterocycles. The highest BCUT2D eigenvalue weighted by molar-refractivity contribution is 6.46.